The number of benzene rings is 1. The first-order valence-electron chi connectivity index (χ1n) is 3.23. The molecule has 0 aliphatic carbocycles. The zero-order valence-electron chi connectivity index (χ0n) is 6.23. The van der Waals surface area contributed by atoms with Crippen LogP contribution in [0.2, 0.25) is 0 Å². The van der Waals surface area contributed by atoms with Crippen molar-refractivity contribution < 1.29 is 0 Å². The third-order valence-corrected chi connectivity index (χ3v) is 1.37. The SMILES string of the molecule is Cc1cc(C)cc(C)c1.[LiH]. The monoisotopic (exact) mass is 128 g/mol. The second-order valence-corrected chi connectivity index (χ2v) is 2.67. The van der Waals surface area contributed by atoms with Gasteiger partial charge in [-0.25, -0.2) is 0 Å². The second kappa shape index (κ2) is 3.86. The zero-order valence-corrected chi connectivity index (χ0v) is 6.23. The summed E-state index contributed by atoms with van der Waals surface area (Å²) in [5.74, 6) is 0. The molecule has 10 heavy (non-hydrogen) atoms. The minimum atomic E-state index is 0. The Labute approximate surface area is 74.8 Å². The Kier molecular flexibility index (Phi) is 3.79. The summed E-state index contributed by atoms with van der Waals surface area (Å²) in [7, 11) is 0. The van der Waals surface area contributed by atoms with E-state index >= 15 is 0 Å². The first-order valence-corrected chi connectivity index (χ1v) is 3.23. The average Bonchev–Trinajstić information content (AvgIpc) is 1.59. The standard InChI is InChI=1S/C9H12.Li.H/c1-7-4-8(2)6-9(3)5-7;;/h4-6H,1-3H3;;. The van der Waals surface area contributed by atoms with Crippen LogP contribution in [0.4, 0.5) is 0 Å². The molecule has 1 heteroatoms. The normalized spacial score (nSPS) is 8.70. The van der Waals surface area contributed by atoms with E-state index in [1.807, 2.05) is 0 Å². The van der Waals surface area contributed by atoms with Crippen molar-refractivity contribution in [3.63, 3.8) is 0 Å². The fourth-order valence-electron chi connectivity index (χ4n) is 1.20. The molecule has 0 atom stereocenters. The van der Waals surface area contributed by atoms with E-state index in [0.717, 1.165) is 0 Å². The van der Waals surface area contributed by atoms with E-state index in [1.165, 1.54) is 16.7 Å². The predicted octanol–water partition coefficient (Wildman–Crippen LogP) is 1.96. The van der Waals surface area contributed by atoms with Crippen molar-refractivity contribution >= 4 is 18.9 Å². The number of aryl methyl sites for hydroxylation is 3. The number of hydrogen-bond acceptors (Lipinski definition) is 0. The van der Waals surface area contributed by atoms with Gasteiger partial charge in [0.1, 0.15) is 0 Å². The van der Waals surface area contributed by atoms with Gasteiger partial charge in [0, 0.05) is 0 Å². The van der Waals surface area contributed by atoms with Gasteiger partial charge in [-0.3, -0.25) is 0 Å². The molecule has 0 aliphatic rings. The molecule has 0 heterocycles. The Morgan fingerprint density at radius 3 is 1.10 bits per heavy atom. The van der Waals surface area contributed by atoms with Gasteiger partial charge in [-0.05, 0) is 20.8 Å². The molecule has 0 unspecified atom stereocenters. The Morgan fingerprint density at radius 1 is 0.700 bits per heavy atom. The molecule has 0 aliphatic heterocycles. The van der Waals surface area contributed by atoms with Gasteiger partial charge < -0.3 is 0 Å². The van der Waals surface area contributed by atoms with E-state index in [1.54, 1.807) is 0 Å². The summed E-state index contributed by atoms with van der Waals surface area (Å²) in [5.41, 5.74) is 4.06. The van der Waals surface area contributed by atoms with Crippen molar-refractivity contribution in [1.82, 2.24) is 0 Å². The predicted molar refractivity (Wildman–Crippen MR) is 47.8 cm³/mol. The molecule has 0 nitrogen and oxygen atoms in total. The van der Waals surface area contributed by atoms with Crippen molar-refractivity contribution in [2.45, 2.75) is 20.8 Å². The van der Waals surface area contributed by atoms with Crippen LogP contribution in [0.3, 0.4) is 0 Å². The van der Waals surface area contributed by atoms with E-state index in [9.17, 15) is 0 Å². The van der Waals surface area contributed by atoms with Crippen molar-refractivity contribution in [3.8, 4) is 0 Å². The van der Waals surface area contributed by atoms with Gasteiger partial charge in [0.25, 0.3) is 0 Å². The van der Waals surface area contributed by atoms with Gasteiger partial charge in [-0.15, -0.1) is 0 Å². The Morgan fingerprint density at radius 2 is 0.900 bits per heavy atom. The molecular formula is C9H13Li. The molecule has 1 aromatic carbocycles. The van der Waals surface area contributed by atoms with Gasteiger partial charge in [0.15, 0.2) is 0 Å². The van der Waals surface area contributed by atoms with Crippen molar-refractivity contribution in [2.24, 2.45) is 0 Å². The molecule has 0 amide bonds. The maximum absolute atomic E-state index is 2.19. The fraction of sp³-hybridized carbons (Fsp3) is 0.333. The van der Waals surface area contributed by atoms with Gasteiger partial charge in [-0.2, -0.15) is 0 Å². The van der Waals surface area contributed by atoms with E-state index in [2.05, 4.69) is 39.0 Å². The van der Waals surface area contributed by atoms with Gasteiger partial charge in [0.05, 0.1) is 0 Å². The summed E-state index contributed by atoms with van der Waals surface area (Å²) >= 11 is 0. The average molecular weight is 128 g/mol. The van der Waals surface area contributed by atoms with Crippen LogP contribution in [0.5, 0.6) is 0 Å². The van der Waals surface area contributed by atoms with Gasteiger partial charge in [0.2, 0.25) is 0 Å². The van der Waals surface area contributed by atoms with Crippen LogP contribution in [-0.4, -0.2) is 18.9 Å². The van der Waals surface area contributed by atoms with E-state index in [0.29, 0.717) is 0 Å². The molecule has 0 radical (unpaired) electrons. The summed E-state index contributed by atoms with van der Waals surface area (Å²) in [6.45, 7) is 6.38. The van der Waals surface area contributed by atoms with Crippen LogP contribution in [-0.2, 0) is 0 Å². The summed E-state index contributed by atoms with van der Waals surface area (Å²) < 4.78 is 0. The van der Waals surface area contributed by atoms with Crippen LogP contribution < -0.4 is 0 Å². The molecule has 50 valence electrons. The third-order valence-electron chi connectivity index (χ3n) is 1.37. The Balaban J connectivity index is 0.000000810. The summed E-state index contributed by atoms with van der Waals surface area (Å²) in [5, 5.41) is 0. The van der Waals surface area contributed by atoms with Crippen LogP contribution in [0.25, 0.3) is 0 Å². The Bertz CT molecular complexity index is 165. The third kappa shape index (κ3) is 2.60. The second-order valence-electron chi connectivity index (χ2n) is 2.67. The van der Waals surface area contributed by atoms with Crippen LogP contribution in [0.15, 0.2) is 18.2 Å². The quantitative estimate of drug-likeness (QED) is 0.468. The summed E-state index contributed by atoms with van der Waals surface area (Å²) in [4.78, 5) is 0. The molecule has 1 aromatic rings. The molecule has 1 rings (SSSR count). The topological polar surface area (TPSA) is 0 Å². The molecule has 0 saturated heterocycles. The zero-order chi connectivity index (χ0) is 6.85. The minimum absolute atomic E-state index is 0. The van der Waals surface area contributed by atoms with Crippen LogP contribution in [0, 0.1) is 20.8 Å². The molecule has 0 fully saturated rings. The van der Waals surface area contributed by atoms with Gasteiger partial charge in [-0.1, -0.05) is 34.9 Å². The van der Waals surface area contributed by atoms with E-state index in [-0.39, 0.29) is 18.9 Å². The van der Waals surface area contributed by atoms with Crippen LogP contribution in [0.1, 0.15) is 16.7 Å². The molecule has 0 N–H and O–H groups in total. The summed E-state index contributed by atoms with van der Waals surface area (Å²) in [6, 6.07) is 6.56. The molecular weight excluding hydrogens is 115 g/mol. The molecule has 0 aromatic heterocycles. The van der Waals surface area contributed by atoms with Gasteiger partial charge >= 0.3 is 18.9 Å². The van der Waals surface area contributed by atoms with E-state index in [4.69, 9.17) is 0 Å². The fourth-order valence-corrected chi connectivity index (χ4v) is 1.20. The maximum atomic E-state index is 2.19. The van der Waals surface area contributed by atoms with Crippen molar-refractivity contribution in [2.75, 3.05) is 0 Å². The van der Waals surface area contributed by atoms with Crippen molar-refractivity contribution in [3.05, 3.63) is 34.9 Å². The molecule has 0 bridgehead atoms. The van der Waals surface area contributed by atoms with E-state index < -0.39 is 0 Å². The first kappa shape index (κ1) is 9.82. The molecule has 0 spiro atoms. The molecule has 0 saturated carbocycles. The number of rotatable bonds is 0. The number of hydrogen-bond donors (Lipinski definition) is 0. The van der Waals surface area contributed by atoms with Crippen LogP contribution >= 0.6 is 0 Å². The van der Waals surface area contributed by atoms with Crippen molar-refractivity contribution in [1.29, 1.82) is 0 Å². The summed E-state index contributed by atoms with van der Waals surface area (Å²) in [6.07, 6.45) is 0. The first-order chi connectivity index (χ1) is 4.18. The Hall–Kier alpha value is -0.183.